The second kappa shape index (κ2) is 11.7. The number of thiophene rings is 1. The number of ether oxygens (including phenoxy) is 2. The number of anilines is 2. The molecule has 0 aliphatic carbocycles. The Morgan fingerprint density at radius 1 is 1.00 bits per heavy atom. The highest BCUT2D eigenvalue weighted by Crippen LogP contribution is 2.40. The Morgan fingerprint density at radius 2 is 1.80 bits per heavy atom. The van der Waals surface area contributed by atoms with Gasteiger partial charge in [0.1, 0.15) is 27.2 Å². The first kappa shape index (κ1) is 27.5. The van der Waals surface area contributed by atoms with Gasteiger partial charge in [-0.15, -0.1) is 11.3 Å². The van der Waals surface area contributed by atoms with Crippen molar-refractivity contribution in [1.29, 1.82) is 0 Å². The number of halogens is 3. The number of carbonyl (C=O) groups is 1. The molecule has 2 aliphatic rings. The van der Waals surface area contributed by atoms with E-state index in [0.29, 0.717) is 41.3 Å². The fourth-order valence-corrected chi connectivity index (χ4v) is 6.61. The molecule has 0 saturated carbocycles. The maximum Gasteiger partial charge on any atom is 0.266 e. The Bertz CT molecular complexity index is 1630. The van der Waals surface area contributed by atoms with Crippen LogP contribution < -0.4 is 10.9 Å². The summed E-state index contributed by atoms with van der Waals surface area (Å²) in [4.78, 5) is 29.6. The first-order valence-electron chi connectivity index (χ1n) is 13.6. The van der Waals surface area contributed by atoms with Gasteiger partial charge >= 0.3 is 0 Å². The van der Waals surface area contributed by atoms with Crippen LogP contribution in [0.1, 0.15) is 41.8 Å². The third-order valence-electron chi connectivity index (χ3n) is 7.46. The van der Waals surface area contributed by atoms with Crippen LogP contribution in [0.4, 0.5) is 24.5 Å². The third-order valence-corrected chi connectivity index (χ3v) is 8.64. The van der Waals surface area contributed by atoms with Crippen molar-refractivity contribution in [1.82, 2.24) is 9.47 Å². The van der Waals surface area contributed by atoms with Gasteiger partial charge in [-0.25, -0.2) is 13.2 Å². The molecule has 41 heavy (non-hydrogen) atoms. The fraction of sp³-hybridized carbons (Fsp3) is 0.333. The van der Waals surface area contributed by atoms with Crippen molar-refractivity contribution in [3.8, 4) is 5.69 Å². The highest BCUT2D eigenvalue weighted by molar-refractivity contribution is 7.21. The van der Waals surface area contributed by atoms with E-state index >= 15 is 0 Å². The van der Waals surface area contributed by atoms with Gasteiger partial charge in [0, 0.05) is 30.7 Å². The average Bonchev–Trinajstić information content (AvgIpc) is 3.59. The highest BCUT2D eigenvalue weighted by atomic mass is 32.1. The molecule has 2 saturated heterocycles. The zero-order valence-corrected chi connectivity index (χ0v) is 22.9. The van der Waals surface area contributed by atoms with Gasteiger partial charge in [0.25, 0.3) is 11.5 Å². The molecule has 214 valence electrons. The molecule has 1 amide bonds. The van der Waals surface area contributed by atoms with Crippen LogP contribution in [-0.2, 0) is 9.47 Å². The number of nitrogens with zero attached hydrogens (tertiary/aromatic N) is 2. The van der Waals surface area contributed by atoms with Crippen molar-refractivity contribution in [3.63, 3.8) is 0 Å². The lowest BCUT2D eigenvalue weighted by molar-refractivity contribution is -0.168. The summed E-state index contributed by atoms with van der Waals surface area (Å²) in [5.41, 5.74) is 0.333. The van der Waals surface area contributed by atoms with E-state index in [-0.39, 0.29) is 34.4 Å². The number of amides is 1. The number of fused-ring (bicyclic) bond motifs is 1. The molecule has 2 aliphatic heterocycles. The lowest BCUT2D eigenvalue weighted by Gasteiger charge is -2.28. The Balaban J connectivity index is 1.41. The van der Waals surface area contributed by atoms with Crippen molar-refractivity contribution >= 4 is 38.8 Å². The molecule has 0 spiro atoms. The van der Waals surface area contributed by atoms with Gasteiger partial charge in [0.2, 0.25) is 0 Å². The summed E-state index contributed by atoms with van der Waals surface area (Å²) in [6.45, 7) is 1.50. The largest absolute Gasteiger partial charge is 0.353 e. The minimum Gasteiger partial charge on any atom is -0.353 e. The molecule has 1 unspecified atom stereocenters. The quantitative estimate of drug-likeness (QED) is 0.274. The molecule has 11 heteroatoms. The summed E-state index contributed by atoms with van der Waals surface area (Å²) in [6.07, 6.45) is 4.13. The van der Waals surface area contributed by atoms with E-state index in [4.69, 9.17) is 9.47 Å². The molecule has 2 atom stereocenters. The lowest BCUT2D eigenvalue weighted by atomic mass is 10.2. The van der Waals surface area contributed by atoms with E-state index < -0.39 is 17.5 Å². The van der Waals surface area contributed by atoms with Gasteiger partial charge in [-0.05, 0) is 74.6 Å². The number of likely N-dealkylation sites (tertiary alicyclic amines) is 1. The lowest BCUT2D eigenvalue weighted by Crippen LogP contribution is -2.39. The second-order valence-corrected chi connectivity index (χ2v) is 11.2. The first-order valence-corrected chi connectivity index (χ1v) is 14.4. The Morgan fingerprint density at radius 3 is 2.56 bits per heavy atom. The van der Waals surface area contributed by atoms with Crippen LogP contribution in [0, 0.1) is 17.5 Å². The molecule has 2 aromatic carbocycles. The van der Waals surface area contributed by atoms with E-state index in [9.17, 15) is 22.8 Å². The minimum atomic E-state index is -0.825. The third kappa shape index (κ3) is 5.61. The van der Waals surface area contributed by atoms with E-state index in [0.717, 1.165) is 55.6 Å². The van der Waals surface area contributed by atoms with Crippen molar-refractivity contribution in [2.45, 2.75) is 44.4 Å². The molecule has 1 N–H and O–H groups in total. The van der Waals surface area contributed by atoms with Crippen LogP contribution >= 0.6 is 11.3 Å². The number of pyridine rings is 1. The number of hydrogen-bond donors (Lipinski definition) is 1. The predicted molar refractivity (Wildman–Crippen MR) is 151 cm³/mol. The zero-order chi connectivity index (χ0) is 28.5. The SMILES string of the molecule is O=C(c1sc2c(ccc(=O)n2-c2ccc(F)cc2)c1Nc1ccc(F)cc1F)N1CCC[C@@H]1COC1CCCCO1. The summed E-state index contributed by atoms with van der Waals surface area (Å²) >= 11 is 1.09. The van der Waals surface area contributed by atoms with E-state index in [2.05, 4.69) is 5.32 Å². The van der Waals surface area contributed by atoms with Crippen LogP contribution in [0.5, 0.6) is 0 Å². The zero-order valence-electron chi connectivity index (χ0n) is 22.1. The molecule has 4 heterocycles. The van der Waals surface area contributed by atoms with Crippen molar-refractivity contribution < 1.29 is 27.4 Å². The molecular weight excluding hydrogens is 555 g/mol. The Hall–Kier alpha value is -3.67. The molecule has 2 fully saturated rings. The van der Waals surface area contributed by atoms with Crippen molar-refractivity contribution in [3.05, 3.63) is 87.3 Å². The topological polar surface area (TPSA) is 72.8 Å². The molecule has 0 bridgehead atoms. The summed E-state index contributed by atoms with van der Waals surface area (Å²) in [6, 6.07) is 11.3. The van der Waals surface area contributed by atoms with Gasteiger partial charge < -0.3 is 19.7 Å². The number of hydrogen-bond acceptors (Lipinski definition) is 6. The average molecular weight is 584 g/mol. The maximum absolute atomic E-state index is 14.7. The summed E-state index contributed by atoms with van der Waals surface area (Å²) in [5, 5.41) is 3.49. The van der Waals surface area contributed by atoms with E-state index in [1.54, 1.807) is 11.0 Å². The number of carbonyl (C=O) groups excluding carboxylic acids is 1. The Kier molecular flexibility index (Phi) is 7.83. The number of rotatable bonds is 7. The number of aromatic nitrogens is 1. The van der Waals surface area contributed by atoms with Crippen LogP contribution in [0.3, 0.4) is 0 Å². The second-order valence-electron chi connectivity index (χ2n) is 10.2. The number of benzene rings is 2. The minimum absolute atomic E-state index is 0.0181. The molecule has 2 aromatic heterocycles. The van der Waals surface area contributed by atoms with Gasteiger partial charge in [0.15, 0.2) is 6.29 Å². The van der Waals surface area contributed by atoms with Crippen molar-refractivity contribution in [2.24, 2.45) is 0 Å². The summed E-state index contributed by atoms with van der Waals surface area (Å²) in [7, 11) is 0. The molecule has 6 rings (SSSR count). The monoisotopic (exact) mass is 583 g/mol. The van der Waals surface area contributed by atoms with Gasteiger partial charge in [0.05, 0.1) is 29.7 Å². The first-order chi connectivity index (χ1) is 19.9. The van der Waals surface area contributed by atoms with Crippen LogP contribution in [0.25, 0.3) is 15.9 Å². The number of nitrogens with one attached hydrogen (secondary N) is 1. The Labute approximate surface area is 238 Å². The molecule has 0 radical (unpaired) electrons. The van der Waals surface area contributed by atoms with Gasteiger partial charge in [-0.2, -0.15) is 0 Å². The summed E-state index contributed by atoms with van der Waals surface area (Å²) in [5.74, 6) is -2.29. The highest BCUT2D eigenvalue weighted by Gasteiger charge is 2.34. The molecular formula is C30H28F3N3O4S. The molecule has 4 aromatic rings. The van der Waals surface area contributed by atoms with Gasteiger partial charge in [-0.1, -0.05) is 0 Å². The smallest absolute Gasteiger partial charge is 0.266 e. The van der Waals surface area contributed by atoms with E-state index in [1.807, 2.05) is 0 Å². The fourth-order valence-electron chi connectivity index (χ4n) is 5.38. The summed E-state index contributed by atoms with van der Waals surface area (Å²) < 4.78 is 55.1. The molecule has 7 nitrogen and oxygen atoms in total. The van der Waals surface area contributed by atoms with E-state index in [1.165, 1.54) is 41.0 Å². The standard InChI is InChI=1S/C30H28F3N3O4S/c31-18-6-9-20(10-7-18)36-25(37)13-11-22-27(34-24-12-8-19(32)16-23(24)33)28(41-30(22)36)29(38)35-14-3-4-21(35)17-40-26-5-1-2-15-39-26/h6-13,16,21,26,34H,1-5,14-15,17H2/t21-,26?/m1/s1. The maximum atomic E-state index is 14.7. The van der Waals surface area contributed by atoms with Crippen molar-refractivity contribution in [2.75, 3.05) is 25.1 Å². The van der Waals surface area contributed by atoms with Crippen LogP contribution in [0.15, 0.2) is 59.4 Å². The van der Waals surface area contributed by atoms with Gasteiger partial charge in [-0.3, -0.25) is 14.2 Å². The van der Waals surface area contributed by atoms with Crippen LogP contribution in [-0.4, -0.2) is 47.5 Å². The normalized spacial score (nSPS) is 19.1. The van der Waals surface area contributed by atoms with Crippen LogP contribution in [0.2, 0.25) is 0 Å². The predicted octanol–water partition coefficient (Wildman–Crippen LogP) is 6.36.